The topological polar surface area (TPSA) is 38.3 Å². The van der Waals surface area contributed by atoms with Crippen LogP contribution in [0.1, 0.15) is 10.4 Å². The van der Waals surface area contributed by atoms with Crippen molar-refractivity contribution in [3.05, 3.63) is 52.2 Å². The molecule has 0 aliphatic carbocycles. The van der Waals surface area contributed by atoms with Crippen LogP contribution in [0.2, 0.25) is 0 Å². The van der Waals surface area contributed by atoms with E-state index in [9.17, 15) is 4.79 Å². The summed E-state index contributed by atoms with van der Waals surface area (Å²) >= 11 is 1.69. The van der Waals surface area contributed by atoms with Gasteiger partial charge in [0.15, 0.2) is 0 Å². The Hall–Kier alpha value is -1.81. The van der Waals surface area contributed by atoms with Gasteiger partial charge in [0, 0.05) is 23.4 Å². The molecule has 0 unspecified atom stereocenters. The number of thiophene rings is 1. The van der Waals surface area contributed by atoms with Gasteiger partial charge in [-0.2, -0.15) is 0 Å². The van der Waals surface area contributed by atoms with Gasteiger partial charge in [0.2, 0.25) is 0 Å². The minimum Gasteiger partial charge on any atom is -0.464 e. The first-order valence-electron chi connectivity index (χ1n) is 6.36. The fraction of sp³-hybridized carbons (Fsp3) is 0.267. The number of rotatable bonds is 4. The summed E-state index contributed by atoms with van der Waals surface area (Å²) in [6.45, 7) is 0.452. The number of carbonyl (C=O) groups excluding carboxylic acids is 1. The molecule has 0 saturated carbocycles. The van der Waals surface area contributed by atoms with E-state index in [2.05, 4.69) is 11.4 Å². The first kappa shape index (κ1) is 12.2. The van der Waals surface area contributed by atoms with E-state index in [1.54, 1.807) is 11.3 Å². The van der Waals surface area contributed by atoms with Crippen molar-refractivity contribution in [2.24, 2.45) is 0 Å². The third-order valence-corrected chi connectivity index (χ3v) is 4.16. The molecule has 19 heavy (non-hydrogen) atoms. The molecule has 1 aromatic carbocycles. The average molecular weight is 273 g/mol. The number of fused-ring (bicyclic) bond motifs is 1. The summed E-state index contributed by atoms with van der Waals surface area (Å²) < 4.78 is 5.34. The lowest BCUT2D eigenvalue weighted by molar-refractivity contribution is -0.144. The van der Waals surface area contributed by atoms with Crippen LogP contribution in [0.25, 0.3) is 0 Å². The number of hydrogen-bond donors (Lipinski definition) is 1. The molecule has 1 N–H and O–H groups in total. The highest BCUT2D eigenvalue weighted by atomic mass is 32.1. The molecule has 3 rings (SSSR count). The van der Waals surface area contributed by atoms with Crippen molar-refractivity contribution in [2.75, 3.05) is 11.9 Å². The van der Waals surface area contributed by atoms with Crippen molar-refractivity contribution in [3.63, 3.8) is 0 Å². The number of esters is 1. The van der Waals surface area contributed by atoms with Gasteiger partial charge in [0.25, 0.3) is 0 Å². The van der Waals surface area contributed by atoms with Crippen molar-refractivity contribution in [3.8, 4) is 0 Å². The lowest BCUT2D eigenvalue weighted by atomic mass is 10.1. The van der Waals surface area contributed by atoms with Gasteiger partial charge in [-0.05, 0) is 23.1 Å². The van der Waals surface area contributed by atoms with E-state index < -0.39 is 0 Å². The Bertz CT molecular complexity index is 540. The van der Waals surface area contributed by atoms with E-state index in [1.807, 2.05) is 35.7 Å². The summed E-state index contributed by atoms with van der Waals surface area (Å²) in [4.78, 5) is 13.2. The van der Waals surface area contributed by atoms with E-state index >= 15 is 0 Å². The maximum Gasteiger partial charge on any atom is 0.328 e. The molecule has 0 radical (unpaired) electrons. The van der Waals surface area contributed by atoms with E-state index in [0.29, 0.717) is 13.0 Å². The molecule has 0 spiro atoms. The molecule has 1 aromatic heterocycles. The zero-order chi connectivity index (χ0) is 13.1. The Kier molecular flexibility index (Phi) is 3.51. The number of nitrogens with one attached hydrogen (secondary N) is 1. The summed E-state index contributed by atoms with van der Waals surface area (Å²) in [5.74, 6) is -0.159. The molecule has 4 heteroatoms. The summed E-state index contributed by atoms with van der Waals surface area (Å²) in [5.41, 5.74) is 2.23. The predicted molar refractivity (Wildman–Crippen MR) is 76.5 cm³/mol. The Labute approximate surface area is 116 Å². The predicted octanol–water partition coefficient (Wildman–Crippen LogP) is 2.87. The molecule has 0 saturated heterocycles. The van der Waals surface area contributed by atoms with E-state index in [0.717, 1.165) is 12.1 Å². The van der Waals surface area contributed by atoms with Gasteiger partial charge in [0.05, 0.1) is 6.61 Å². The molecule has 3 nitrogen and oxygen atoms in total. The molecule has 2 heterocycles. The van der Waals surface area contributed by atoms with E-state index in [1.165, 1.54) is 10.4 Å². The summed E-state index contributed by atoms with van der Waals surface area (Å²) in [6, 6.07) is 11.8. The van der Waals surface area contributed by atoms with Gasteiger partial charge in [-0.3, -0.25) is 0 Å². The lowest BCUT2D eigenvalue weighted by Gasteiger charge is -2.10. The lowest BCUT2D eigenvalue weighted by Crippen LogP contribution is -2.29. The maximum atomic E-state index is 12.0. The van der Waals surface area contributed by atoms with Crippen LogP contribution in [0.4, 0.5) is 5.69 Å². The molecule has 1 atom stereocenters. The standard InChI is InChI=1S/C15H15NO2S/c17-15(18-8-7-12-5-3-9-19-12)14-10-11-4-1-2-6-13(11)16-14/h1-6,9,14,16H,7-8,10H2/t14-/m0/s1. The first-order valence-corrected chi connectivity index (χ1v) is 7.24. The molecule has 0 amide bonds. The monoisotopic (exact) mass is 273 g/mol. The minimum atomic E-state index is -0.235. The van der Waals surface area contributed by atoms with Crippen molar-refractivity contribution >= 4 is 23.0 Å². The second kappa shape index (κ2) is 5.45. The van der Waals surface area contributed by atoms with Gasteiger partial charge in [-0.15, -0.1) is 11.3 Å². The summed E-state index contributed by atoms with van der Waals surface area (Å²) in [5, 5.41) is 5.24. The normalized spacial score (nSPS) is 16.7. The minimum absolute atomic E-state index is 0.159. The Balaban J connectivity index is 1.50. The van der Waals surface area contributed by atoms with Gasteiger partial charge >= 0.3 is 5.97 Å². The quantitative estimate of drug-likeness (QED) is 0.871. The molecule has 0 fully saturated rings. The molecule has 0 bridgehead atoms. The smallest absolute Gasteiger partial charge is 0.328 e. The van der Waals surface area contributed by atoms with Crippen molar-refractivity contribution in [1.82, 2.24) is 0 Å². The van der Waals surface area contributed by atoms with Crippen LogP contribution in [0, 0.1) is 0 Å². The largest absolute Gasteiger partial charge is 0.464 e. The second-order valence-corrected chi connectivity index (χ2v) is 5.59. The molecule has 2 aromatic rings. The summed E-state index contributed by atoms with van der Waals surface area (Å²) in [7, 11) is 0. The molecular weight excluding hydrogens is 258 g/mol. The van der Waals surface area contributed by atoms with Crippen LogP contribution in [-0.2, 0) is 22.4 Å². The third-order valence-electron chi connectivity index (χ3n) is 3.23. The van der Waals surface area contributed by atoms with Gasteiger partial charge < -0.3 is 10.1 Å². The first-order chi connectivity index (χ1) is 9.33. The van der Waals surface area contributed by atoms with Gasteiger partial charge in [-0.25, -0.2) is 4.79 Å². The van der Waals surface area contributed by atoms with Crippen LogP contribution in [-0.4, -0.2) is 18.6 Å². The fourth-order valence-corrected chi connectivity index (χ4v) is 2.94. The van der Waals surface area contributed by atoms with Crippen LogP contribution in [0.15, 0.2) is 41.8 Å². The molecule has 1 aliphatic heterocycles. The fourth-order valence-electron chi connectivity index (χ4n) is 2.25. The van der Waals surface area contributed by atoms with E-state index in [4.69, 9.17) is 4.74 Å². The Morgan fingerprint density at radius 2 is 2.21 bits per heavy atom. The van der Waals surface area contributed by atoms with Crippen LogP contribution >= 0.6 is 11.3 Å². The van der Waals surface area contributed by atoms with E-state index in [-0.39, 0.29) is 12.0 Å². The van der Waals surface area contributed by atoms with Gasteiger partial charge in [-0.1, -0.05) is 24.3 Å². The Morgan fingerprint density at radius 3 is 3.00 bits per heavy atom. The highest BCUT2D eigenvalue weighted by molar-refractivity contribution is 7.09. The number of para-hydroxylation sites is 1. The Morgan fingerprint density at radius 1 is 1.32 bits per heavy atom. The molecule has 98 valence electrons. The van der Waals surface area contributed by atoms with Crippen molar-refractivity contribution in [1.29, 1.82) is 0 Å². The number of benzene rings is 1. The van der Waals surface area contributed by atoms with Crippen LogP contribution in [0.3, 0.4) is 0 Å². The highest BCUT2D eigenvalue weighted by Gasteiger charge is 2.27. The zero-order valence-electron chi connectivity index (χ0n) is 10.5. The number of hydrogen-bond acceptors (Lipinski definition) is 4. The third kappa shape index (κ3) is 2.79. The highest BCUT2D eigenvalue weighted by Crippen LogP contribution is 2.25. The molecule has 1 aliphatic rings. The van der Waals surface area contributed by atoms with Crippen LogP contribution in [0.5, 0.6) is 0 Å². The van der Waals surface area contributed by atoms with Crippen LogP contribution < -0.4 is 5.32 Å². The van der Waals surface area contributed by atoms with Crippen molar-refractivity contribution in [2.45, 2.75) is 18.9 Å². The second-order valence-electron chi connectivity index (χ2n) is 4.56. The van der Waals surface area contributed by atoms with Crippen molar-refractivity contribution < 1.29 is 9.53 Å². The number of ether oxygens (including phenoxy) is 1. The maximum absolute atomic E-state index is 12.0. The molecular formula is C15H15NO2S. The number of anilines is 1. The zero-order valence-corrected chi connectivity index (χ0v) is 11.3. The summed E-state index contributed by atoms with van der Waals surface area (Å²) in [6.07, 6.45) is 1.51. The average Bonchev–Trinajstić information content (AvgIpc) is 3.07. The van der Waals surface area contributed by atoms with Gasteiger partial charge in [0.1, 0.15) is 6.04 Å². The number of carbonyl (C=O) groups is 1. The SMILES string of the molecule is O=C(OCCc1cccs1)[C@@H]1Cc2ccccc2N1.